The number of nitrogens with zero attached hydrogens (tertiary/aromatic N) is 7. The van der Waals surface area contributed by atoms with Crippen molar-refractivity contribution in [3.63, 3.8) is 0 Å². The van der Waals surface area contributed by atoms with Crippen LogP contribution in [0.4, 0.5) is 5.69 Å². The van der Waals surface area contributed by atoms with E-state index >= 15 is 0 Å². The molecule has 0 unspecified atom stereocenters. The zero-order chi connectivity index (χ0) is 43.8. The van der Waals surface area contributed by atoms with Crippen LogP contribution in [0.25, 0.3) is 27.5 Å². The number of esters is 1. The maximum absolute atomic E-state index is 13.3. The van der Waals surface area contributed by atoms with Crippen LogP contribution in [0, 0.1) is 11.5 Å². The summed E-state index contributed by atoms with van der Waals surface area (Å²) in [7, 11) is 1.17. The molecule has 18 heteroatoms. The molecule has 0 spiro atoms. The van der Waals surface area contributed by atoms with Crippen LogP contribution < -0.4 is 4.74 Å². The van der Waals surface area contributed by atoms with Gasteiger partial charge >= 0.3 is 5.97 Å². The molecule has 17 nitrogen and oxygen atoms in total. The fourth-order valence-corrected chi connectivity index (χ4v) is 11.9. The molecule has 0 aliphatic heterocycles. The fraction of sp³-hybridized carbons (Fsp3) is 0.619. The van der Waals surface area contributed by atoms with E-state index in [2.05, 4.69) is 73.3 Å². The average molecular weight is 854 g/mol. The Morgan fingerprint density at radius 2 is 1.32 bits per heavy atom. The third-order valence-electron chi connectivity index (χ3n) is 9.53. The number of rotatable bonds is 29. The van der Waals surface area contributed by atoms with Gasteiger partial charge in [0.2, 0.25) is 0 Å². The third kappa shape index (κ3) is 16.6. The lowest BCUT2D eigenvalue weighted by Gasteiger charge is -2.38. The largest absolute Gasteiger partial charge is 0.491 e. The number of ether oxygens (including phenoxy) is 9. The minimum atomic E-state index is -2.08. The van der Waals surface area contributed by atoms with E-state index in [1.807, 2.05) is 6.07 Å². The van der Waals surface area contributed by atoms with Gasteiger partial charge in [0, 0.05) is 37.0 Å². The second kappa shape index (κ2) is 27.4. The first-order valence-electron chi connectivity index (χ1n) is 20.3. The topological polar surface area (TPSA) is 192 Å². The molecule has 0 aliphatic rings. The fourth-order valence-electron chi connectivity index (χ4n) is 6.65. The Balaban J connectivity index is 1.80. The van der Waals surface area contributed by atoms with Gasteiger partial charge in [-0.2, -0.15) is 0 Å². The number of hydrogen-bond acceptors (Lipinski definition) is 14. The predicted octanol–water partition coefficient (Wildman–Crippen LogP) is 7.14. The number of hydrogen-bond donors (Lipinski definition) is 0. The molecule has 1 atom stereocenters. The molecule has 2 aromatic heterocycles. The Morgan fingerprint density at radius 3 is 1.88 bits per heavy atom. The van der Waals surface area contributed by atoms with Crippen molar-refractivity contribution in [1.82, 2.24) is 20.0 Å². The molecule has 0 fully saturated rings. The second-order valence-electron chi connectivity index (χ2n) is 14.8. The van der Waals surface area contributed by atoms with Crippen LogP contribution in [0.5, 0.6) is 5.75 Å². The average Bonchev–Trinajstić information content (AvgIpc) is 3.72. The SMILES string of the molecule is COCCOCCOCCOC[C@H](C)OC(=O)c1cc(N=[N+]=[N-])cc(-n2cc(-c3cc(OCCOCCOCCOC)cc(C#C[Si](C(C)C)(C(C)C)C(C)C)n3)nn2)c1. The van der Waals surface area contributed by atoms with Crippen molar-refractivity contribution < 1.29 is 47.4 Å². The molecule has 1 aromatic carbocycles. The smallest absolute Gasteiger partial charge is 0.338 e. The molecule has 0 N–H and O–H groups in total. The Kier molecular flexibility index (Phi) is 22.8. The Hall–Kier alpha value is -4.41. The highest BCUT2D eigenvalue weighted by Gasteiger charge is 2.41. The first-order valence-corrected chi connectivity index (χ1v) is 22.6. The molecule has 3 aromatic rings. The minimum absolute atomic E-state index is 0.151. The van der Waals surface area contributed by atoms with Crippen LogP contribution in [0.15, 0.2) is 41.6 Å². The van der Waals surface area contributed by atoms with E-state index in [9.17, 15) is 10.3 Å². The molecule has 0 bridgehead atoms. The number of methoxy groups -OCH3 is 2. The van der Waals surface area contributed by atoms with Crippen LogP contribution >= 0.6 is 0 Å². The summed E-state index contributed by atoms with van der Waals surface area (Å²) in [6.07, 6.45) is 1.10. The van der Waals surface area contributed by atoms with Crippen molar-refractivity contribution in [2.45, 2.75) is 71.2 Å². The van der Waals surface area contributed by atoms with Crippen molar-refractivity contribution in [2.75, 3.05) is 100 Å². The second-order valence-corrected chi connectivity index (χ2v) is 20.4. The van der Waals surface area contributed by atoms with Gasteiger partial charge in [-0.1, -0.05) is 57.8 Å². The highest BCUT2D eigenvalue weighted by molar-refractivity contribution is 6.90. The van der Waals surface area contributed by atoms with Crippen molar-refractivity contribution in [1.29, 1.82) is 0 Å². The van der Waals surface area contributed by atoms with E-state index in [1.54, 1.807) is 45.5 Å². The standard InChI is InChI=1S/C42H63N7O10Si/c1-31(2)60(32(3)4,33(5)6)23-10-36-27-39(58-22-21-56-18-16-54-14-12-52-9)28-40(44-36)41-29-49(48-46-41)38-25-35(24-37(26-38)45-47-43)42(50)59-34(7)30-57-20-19-55-17-15-53-13-11-51-8/h24-29,31-34H,11-22,30H2,1-9H3/t34-/m0/s1. The normalized spacial score (nSPS) is 12.1. The van der Waals surface area contributed by atoms with Gasteiger partial charge in [-0.05, 0) is 47.3 Å². The maximum Gasteiger partial charge on any atom is 0.338 e. The molecular formula is C42H63N7O10Si. The molecule has 3 rings (SSSR count). The van der Waals surface area contributed by atoms with Crippen molar-refractivity contribution >= 4 is 19.7 Å². The molecule has 0 radical (unpaired) electrons. The van der Waals surface area contributed by atoms with Gasteiger partial charge in [0.15, 0.2) is 0 Å². The summed E-state index contributed by atoms with van der Waals surface area (Å²) < 4.78 is 50.8. The number of pyridine rings is 1. The number of aromatic nitrogens is 4. The van der Waals surface area contributed by atoms with Gasteiger partial charge in [0.25, 0.3) is 0 Å². The summed E-state index contributed by atoms with van der Waals surface area (Å²) in [5, 5.41) is 12.5. The number of carbonyl (C=O) groups excluding carboxylic acids is 1. The third-order valence-corrected chi connectivity index (χ3v) is 15.8. The lowest BCUT2D eigenvalue weighted by Crippen LogP contribution is -2.43. The zero-order valence-electron chi connectivity index (χ0n) is 36.7. The van der Waals surface area contributed by atoms with Gasteiger partial charge in [-0.15, -0.1) is 10.6 Å². The summed E-state index contributed by atoms with van der Waals surface area (Å²) in [4.78, 5) is 21.1. The molecule has 0 saturated carbocycles. The highest BCUT2D eigenvalue weighted by atomic mass is 28.3. The molecule has 330 valence electrons. The maximum atomic E-state index is 13.3. The first kappa shape index (κ1) is 49.9. The van der Waals surface area contributed by atoms with Crippen LogP contribution in [-0.4, -0.2) is 140 Å². The highest BCUT2D eigenvalue weighted by Crippen LogP contribution is 2.41. The minimum Gasteiger partial charge on any atom is -0.491 e. The van der Waals surface area contributed by atoms with E-state index in [1.165, 1.54) is 10.7 Å². The van der Waals surface area contributed by atoms with Gasteiger partial charge in [0.1, 0.15) is 37.9 Å². The van der Waals surface area contributed by atoms with E-state index in [-0.39, 0.29) is 17.9 Å². The summed E-state index contributed by atoms with van der Waals surface area (Å²) in [6.45, 7) is 20.6. The predicted molar refractivity (Wildman–Crippen MR) is 230 cm³/mol. The lowest BCUT2D eigenvalue weighted by molar-refractivity contribution is -0.0217. The van der Waals surface area contributed by atoms with Gasteiger partial charge in [-0.25, -0.2) is 14.5 Å². The Morgan fingerprint density at radius 1 is 0.750 bits per heavy atom. The zero-order valence-corrected chi connectivity index (χ0v) is 37.7. The van der Waals surface area contributed by atoms with E-state index in [4.69, 9.17) is 47.6 Å². The first-order chi connectivity index (χ1) is 28.9. The molecule has 60 heavy (non-hydrogen) atoms. The Bertz CT molecular complexity index is 1820. The summed E-state index contributed by atoms with van der Waals surface area (Å²) >= 11 is 0. The van der Waals surface area contributed by atoms with E-state index < -0.39 is 20.1 Å². The van der Waals surface area contributed by atoms with Gasteiger partial charge in [0.05, 0.1) is 102 Å². The van der Waals surface area contributed by atoms with Crippen molar-refractivity contribution in [3.05, 3.63) is 58.2 Å². The summed E-state index contributed by atoms with van der Waals surface area (Å²) in [6, 6.07) is 8.22. The van der Waals surface area contributed by atoms with Crippen LogP contribution in [0.3, 0.4) is 0 Å². The lowest BCUT2D eigenvalue weighted by atomic mass is 10.1. The number of benzene rings is 1. The van der Waals surface area contributed by atoms with Gasteiger partial charge < -0.3 is 42.6 Å². The molecule has 2 heterocycles. The van der Waals surface area contributed by atoms with Crippen molar-refractivity contribution in [3.8, 4) is 34.3 Å². The number of azide groups is 1. The summed E-state index contributed by atoms with van der Waals surface area (Å²) in [5.74, 6) is 3.35. The molecule has 0 aliphatic carbocycles. The van der Waals surface area contributed by atoms with Gasteiger partial charge in [-0.3, -0.25) is 0 Å². The van der Waals surface area contributed by atoms with E-state index in [0.29, 0.717) is 124 Å². The van der Waals surface area contributed by atoms with Crippen molar-refractivity contribution in [2.24, 2.45) is 5.11 Å². The molecule has 0 saturated heterocycles. The van der Waals surface area contributed by atoms with Crippen LogP contribution in [0.1, 0.15) is 64.5 Å². The van der Waals surface area contributed by atoms with Crippen LogP contribution in [-0.2, 0) is 37.9 Å². The number of carbonyl (C=O) groups is 1. The molecular weight excluding hydrogens is 791 g/mol. The Labute approximate surface area is 355 Å². The van der Waals surface area contributed by atoms with E-state index in [0.717, 1.165) is 0 Å². The monoisotopic (exact) mass is 853 g/mol. The molecule has 0 amide bonds. The summed E-state index contributed by atoms with van der Waals surface area (Å²) in [5.41, 5.74) is 16.5. The quantitative estimate of drug-likeness (QED) is 0.0130. The van der Waals surface area contributed by atoms with Crippen LogP contribution in [0.2, 0.25) is 16.6 Å².